The number of hydrogen-bond donors (Lipinski definition) is 1. The third-order valence-electron chi connectivity index (χ3n) is 4.77. The van der Waals surface area contributed by atoms with Gasteiger partial charge in [-0.15, -0.1) is 0 Å². The molecule has 1 saturated carbocycles. The van der Waals surface area contributed by atoms with E-state index in [4.69, 9.17) is 0 Å². The van der Waals surface area contributed by atoms with Gasteiger partial charge in [0.25, 0.3) is 0 Å². The fourth-order valence-electron chi connectivity index (χ4n) is 3.07. The highest BCUT2D eigenvalue weighted by atomic mass is 79.9. The van der Waals surface area contributed by atoms with Crippen LogP contribution in [0.3, 0.4) is 0 Å². The smallest absolute Gasteiger partial charge is 0.0511 e. The van der Waals surface area contributed by atoms with Gasteiger partial charge in [-0.3, -0.25) is 4.90 Å². The summed E-state index contributed by atoms with van der Waals surface area (Å²) < 4.78 is 1.23. The molecule has 1 aliphatic heterocycles. The molecule has 0 aromatic heterocycles. The van der Waals surface area contributed by atoms with Gasteiger partial charge in [0.05, 0.1) is 5.69 Å². The first-order valence-corrected chi connectivity index (χ1v) is 8.93. The Bertz CT molecular complexity index is 487. The highest BCUT2D eigenvalue weighted by Gasteiger charge is 2.24. The molecule has 1 aliphatic carbocycles. The fraction of sp³-hybridized carbons (Fsp3) is 0.647. The molecule has 2 fully saturated rings. The van der Waals surface area contributed by atoms with Crippen LogP contribution in [-0.4, -0.2) is 43.7 Å². The van der Waals surface area contributed by atoms with Gasteiger partial charge in [-0.2, -0.15) is 0 Å². The maximum absolute atomic E-state index is 3.78. The first-order chi connectivity index (χ1) is 10.2. The van der Waals surface area contributed by atoms with Crippen LogP contribution in [0.15, 0.2) is 22.7 Å². The highest BCUT2D eigenvalue weighted by Crippen LogP contribution is 2.30. The van der Waals surface area contributed by atoms with Gasteiger partial charge in [0.2, 0.25) is 0 Å². The Hall–Kier alpha value is -0.580. The van der Waals surface area contributed by atoms with Crippen molar-refractivity contribution in [2.24, 2.45) is 0 Å². The Morgan fingerprint density at radius 3 is 2.76 bits per heavy atom. The molecule has 4 heteroatoms. The molecule has 3 rings (SSSR count). The molecule has 1 aromatic carbocycles. The normalized spacial score (nSPS) is 23.6. The molecule has 1 aromatic rings. The zero-order chi connectivity index (χ0) is 14.8. The van der Waals surface area contributed by atoms with Crippen molar-refractivity contribution < 1.29 is 0 Å². The summed E-state index contributed by atoms with van der Waals surface area (Å²) in [6.45, 7) is 6.67. The van der Waals surface area contributed by atoms with Crippen molar-refractivity contribution in [2.75, 3.05) is 31.6 Å². The standard InChI is InChI=1S/C17H26BrN3/c1-3-15-12-21(9-8-20(15)2)17-7-4-13(10-16(17)18)11-19-14-5-6-14/h4,7,10,14-15,19H,3,5-6,8-9,11-12H2,1-2H3. The van der Waals surface area contributed by atoms with Gasteiger partial charge in [0, 0.05) is 42.7 Å². The Kier molecular flexibility index (Phi) is 4.87. The zero-order valence-electron chi connectivity index (χ0n) is 13.1. The number of rotatable bonds is 5. The lowest BCUT2D eigenvalue weighted by Crippen LogP contribution is -2.51. The fourth-order valence-corrected chi connectivity index (χ4v) is 3.75. The summed E-state index contributed by atoms with van der Waals surface area (Å²) in [6, 6.07) is 8.28. The Morgan fingerprint density at radius 2 is 2.10 bits per heavy atom. The molecule has 1 atom stereocenters. The molecular weight excluding hydrogens is 326 g/mol. The van der Waals surface area contributed by atoms with E-state index < -0.39 is 0 Å². The topological polar surface area (TPSA) is 18.5 Å². The minimum absolute atomic E-state index is 0.668. The third kappa shape index (κ3) is 3.79. The van der Waals surface area contributed by atoms with E-state index in [1.807, 2.05) is 0 Å². The quantitative estimate of drug-likeness (QED) is 0.878. The minimum atomic E-state index is 0.668. The van der Waals surface area contributed by atoms with Gasteiger partial charge in [-0.05, 0) is 59.9 Å². The SMILES string of the molecule is CCC1CN(c2ccc(CNC3CC3)cc2Br)CCN1C. The predicted molar refractivity (Wildman–Crippen MR) is 92.9 cm³/mol. The molecule has 0 amide bonds. The van der Waals surface area contributed by atoms with Crippen LogP contribution in [0.4, 0.5) is 5.69 Å². The van der Waals surface area contributed by atoms with Gasteiger partial charge in [0.1, 0.15) is 0 Å². The van der Waals surface area contributed by atoms with E-state index in [9.17, 15) is 0 Å². The van der Waals surface area contributed by atoms with E-state index in [1.165, 1.54) is 35.0 Å². The molecule has 1 N–H and O–H groups in total. The van der Waals surface area contributed by atoms with Crippen LogP contribution in [0.2, 0.25) is 0 Å². The molecule has 116 valence electrons. The number of nitrogens with zero attached hydrogens (tertiary/aromatic N) is 2. The van der Waals surface area contributed by atoms with Crippen molar-refractivity contribution in [3.8, 4) is 0 Å². The summed E-state index contributed by atoms with van der Waals surface area (Å²) in [4.78, 5) is 5.01. The second-order valence-electron chi connectivity index (χ2n) is 6.43. The van der Waals surface area contributed by atoms with Crippen LogP contribution >= 0.6 is 15.9 Å². The van der Waals surface area contributed by atoms with Crippen molar-refractivity contribution >= 4 is 21.6 Å². The number of halogens is 1. The summed E-state index contributed by atoms with van der Waals surface area (Å²) in [6.07, 6.45) is 3.91. The van der Waals surface area contributed by atoms with Crippen molar-refractivity contribution in [3.05, 3.63) is 28.2 Å². The summed E-state index contributed by atoms with van der Waals surface area (Å²) in [5, 5.41) is 3.58. The number of likely N-dealkylation sites (N-methyl/N-ethyl adjacent to an activating group) is 1. The van der Waals surface area contributed by atoms with Crippen LogP contribution in [0.1, 0.15) is 31.7 Å². The highest BCUT2D eigenvalue weighted by molar-refractivity contribution is 9.10. The van der Waals surface area contributed by atoms with E-state index in [-0.39, 0.29) is 0 Å². The minimum Gasteiger partial charge on any atom is -0.368 e. The number of anilines is 1. The lowest BCUT2D eigenvalue weighted by atomic mass is 10.1. The summed E-state index contributed by atoms with van der Waals surface area (Å²) in [5.74, 6) is 0. The molecule has 0 bridgehead atoms. The molecule has 0 radical (unpaired) electrons. The van der Waals surface area contributed by atoms with E-state index >= 15 is 0 Å². The third-order valence-corrected chi connectivity index (χ3v) is 5.41. The predicted octanol–water partition coefficient (Wildman–Crippen LogP) is 3.23. The van der Waals surface area contributed by atoms with Gasteiger partial charge in [-0.1, -0.05) is 13.0 Å². The number of hydrogen-bond acceptors (Lipinski definition) is 3. The lowest BCUT2D eigenvalue weighted by molar-refractivity contribution is 0.213. The van der Waals surface area contributed by atoms with Crippen LogP contribution < -0.4 is 10.2 Å². The number of piperazine rings is 1. The van der Waals surface area contributed by atoms with Gasteiger partial charge < -0.3 is 10.2 Å². The second kappa shape index (κ2) is 6.67. The zero-order valence-corrected chi connectivity index (χ0v) is 14.7. The van der Waals surface area contributed by atoms with E-state index in [0.717, 1.165) is 32.2 Å². The molecule has 1 heterocycles. The van der Waals surface area contributed by atoms with Crippen molar-refractivity contribution in [2.45, 2.75) is 44.8 Å². The molecule has 1 saturated heterocycles. The molecule has 3 nitrogen and oxygen atoms in total. The van der Waals surface area contributed by atoms with Crippen molar-refractivity contribution in [1.29, 1.82) is 0 Å². The Labute approximate surface area is 136 Å². The summed E-state index contributed by atoms with van der Waals surface area (Å²) in [7, 11) is 2.24. The average molecular weight is 352 g/mol. The first kappa shape index (κ1) is 15.3. The summed E-state index contributed by atoms with van der Waals surface area (Å²) in [5.41, 5.74) is 2.72. The van der Waals surface area contributed by atoms with Crippen LogP contribution in [-0.2, 0) is 6.54 Å². The summed E-state index contributed by atoms with van der Waals surface area (Å²) >= 11 is 3.78. The molecule has 0 spiro atoms. The molecule has 2 aliphatic rings. The Balaban J connectivity index is 1.66. The van der Waals surface area contributed by atoms with E-state index in [1.54, 1.807) is 0 Å². The maximum atomic E-state index is 3.78. The van der Waals surface area contributed by atoms with Gasteiger partial charge >= 0.3 is 0 Å². The Morgan fingerprint density at radius 1 is 1.29 bits per heavy atom. The maximum Gasteiger partial charge on any atom is 0.0511 e. The second-order valence-corrected chi connectivity index (χ2v) is 7.28. The average Bonchev–Trinajstić information content (AvgIpc) is 3.30. The molecule has 1 unspecified atom stereocenters. The molecule has 21 heavy (non-hydrogen) atoms. The van der Waals surface area contributed by atoms with Crippen LogP contribution in [0.5, 0.6) is 0 Å². The lowest BCUT2D eigenvalue weighted by Gasteiger charge is -2.40. The number of benzene rings is 1. The molecular formula is C17H26BrN3. The largest absolute Gasteiger partial charge is 0.368 e. The monoisotopic (exact) mass is 351 g/mol. The first-order valence-electron chi connectivity index (χ1n) is 8.14. The number of nitrogens with one attached hydrogen (secondary N) is 1. The van der Waals surface area contributed by atoms with Crippen molar-refractivity contribution in [3.63, 3.8) is 0 Å². The van der Waals surface area contributed by atoms with Crippen molar-refractivity contribution in [1.82, 2.24) is 10.2 Å². The van der Waals surface area contributed by atoms with E-state index in [2.05, 4.69) is 63.2 Å². The van der Waals surface area contributed by atoms with Crippen LogP contribution in [0, 0.1) is 0 Å². The van der Waals surface area contributed by atoms with Gasteiger partial charge in [-0.25, -0.2) is 0 Å². The van der Waals surface area contributed by atoms with Gasteiger partial charge in [0.15, 0.2) is 0 Å². The van der Waals surface area contributed by atoms with Crippen LogP contribution in [0.25, 0.3) is 0 Å². The van der Waals surface area contributed by atoms with E-state index in [0.29, 0.717) is 6.04 Å².